The van der Waals surface area contributed by atoms with Crippen molar-refractivity contribution in [3.05, 3.63) is 51.9 Å². The van der Waals surface area contributed by atoms with Crippen LogP contribution in [0.4, 0.5) is 11.4 Å². The first-order valence-electron chi connectivity index (χ1n) is 5.22. The molecule has 0 spiro atoms. The average Bonchev–Trinajstić information content (AvgIpc) is 2.92. The third-order valence-electron chi connectivity index (χ3n) is 2.36. The molecular weight excluding hydrogens is 270 g/mol. The second-order valence-electron chi connectivity index (χ2n) is 3.63. The summed E-state index contributed by atoms with van der Waals surface area (Å²) in [6, 6.07) is 4.43. The largest absolute Gasteiger partial charge is 0.478 e. The summed E-state index contributed by atoms with van der Waals surface area (Å²) in [5.41, 5.74) is -0.965. The van der Waals surface area contributed by atoms with E-state index in [4.69, 9.17) is 5.11 Å². The monoisotopic (exact) mass is 277 g/mol. The zero-order chi connectivity index (χ0) is 14.7. The van der Waals surface area contributed by atoms with E-state index < -0.39 is 22.5 Å². The van der Waals surface area contributed by atoms with E-state index in [1.807, 2.05) is 0 Å². The summed E-state index contributed by atoms with van der Waals surface area (Å²) in [6.45, 7) is 0. The normalized spacial score (nSPS) is 10.0. The standard InChI is InChI=1S/C11H7N3O6/c15-10(8-3-4-20-13-8)12-7-2-1-6(11(16)17)5-9(7)14(18)19/h1-5H,(H,12,15)(H,16,17). The molecule has 2 aromatic rings. The number of carbonyl (C=O) groups is 2. The number of anilines is 1. The van der Waals surface area contributed by atoms with E-state index in [1.165, 1.54) is 12.3 Å². The van der Waals surface area contributed by atoms with Crippen LogP contribution in [0, 0.1) is 10.1 Å². The maximum absolute atomic E-state index is 11.7. The van der Waals surface area contributed by atoms with Crippen molar-refractivity contribution < 1.29 is 24.1 Å². The Hall–Kier alpha value is -3.23. The highest BCUT2D eigenvalue weighted by Gasteiger charge is 2.20. The van der Waals surface area contributed by atoms with Crippen LogP contribution in [0.25, 0.3) is 0 Å². The van der Waals surface area contributed by atoms with E-state index in [2.05, 4.69) is 15.0 Å². The lowest BCUT2D eigenvalue weighted by atomic mass is 10.1. The lowest BCUT2D eigenvalue weighted by Crippen LogP contribution is -2.13. The van der Waals surface area contributed by atoms with Crippen LogP contribution in [0.15, 0.2) is 35.1 Å². The number of carbonyl (C=O) groups excluding carboxylic acids is 1. The van der Waals surface area contributed by atoms with Gasteiger partial charge < -0.3 is 14.9 Å². The molecule has 0 aliphatic rings. The molecular formula is C11H7N3O6. The molecule has 2 N–H and O–H groups in total. The van der Waals surface area contributed by atoms with Crippen LogP contribution in [0.1, 0.15) is 20.8 Å². The molecule has 102 valence electrons. The summed E-state index contributed by atoms with van der Waals surface area (Å²) in [5, 5.41) is 25.3. The first-order valence-corrected chi connectivity index (χ1v) is 5.22. The summed E-state index contributed by atoms with van der Waals surface area (Å²) < 4.78 is 4.48. The van der Waals surface area contributed by atoms with Crippen LogP contribution in [-0.4, -0.2) is 27.1 Å². The Morgan fingerprint density at radius 2 is 2.10 bits per heavy atom. The van der Waals surface area contributed by atoms with Crippen LogP contribution in [0.2, 0.25) is 0 Å². The Labute approximate surface area is 111 Å². The Balaban J connectivity index is 2.34. The van der Waals surface area contributed by atoms with E-state index in [9.17, 15) is 19.7 Å². The molecule has 0 fully saturated rings. The number of carboxylic acids is 1. The fourth-order valence-electron chi connectivity index (χ4n) is 1.44. The van der Waals surface area contributed by atoms with E-state index >= 15 is 0 Å². The highest BCUT2D eigenvalue weighted by molar-refractivity contribution is 6.04. The molecule has 0 unspecified atom stereocenters. The van der Waals surface area contributed by atoms with Gasteiger partial charge in [-0.25, -0.2) is 4.79 Å². The molecule has 9 nitrogen and oxygen atoms in total. The summed E-state index contributed by atoms with van der Waals surface area (Å²) in [7, 11) is 0. The average molecular weight is 277 g/mol. The van der Waals surface area contributed by atoms with Gasteiger partial charge in [-0.2, -0.15) is 0 Å². The molecule has 9 heteroatoms. The first kappa shape index (κ1) is 13.2. The second-order valence-corrected chi connectivity index (χ2v) is 3.63. The van der Waals surface area contributed by atoms with Crippen molar-refractivity contribution in [2.75, 3.05) is 5.32 Å². The van der Waals surface area contributed by atoms with Crippen molar-refractivity contribution in [3.63, 3.8) is 0 Å². The number of benzene rings is 1. The third-order valence-corrected chi connectivity index (χ3v) is 2.36. The van der Waals surface area contributed by atoms with Gasteiger partial charge in [0, 0.05) is 12.1 Å². The molecule has 1 amide bonds. The third kappa shape index (κ3) is 2.61. The highest BCUT2D eigenvalue weighted by Crippen LogP contribution is 2.26. The summed E-state index contributed by atoms with van der Waals surface area (Å²) in [4.78, 5) is 32.6. The van der Waals surface area contributed by atoms with Crippen LogP contribution >= 0.6 is 0 Å². The van der Waals surface area contributed by atoms with Gasteiger partial charge in [0.25, 0.3) is 11.6 Å². The molecule has 0 saturated carbocycles. The first-order chi connectivity index (χ1) is 9.49. The van der Waals surface area contributed by atoms with E-state index in [1.54, 1.807) is 0 Å². The number of amides is 1. The van der Waals surface area contributed by atoms with Gasteiger partial charge in [-0.1, -0.05) is 5.16 Å². The van der Waals surface area contributed by atoms with Gasteiger partial charge in [0.1, 0.15) is 12.0 Å². The fourth-order valence-corrected chi connectivity index (χ4v) is 1.44. The molecule has 1 aromatic carbocycles. The van der Waals surface area contributed by atoms with Gasteiger partial charge in [-0.3, -0.25) is 14.9 Å². The number of aromatic carboxylic acids is 1. The number of nitrogens with one attached hydrogen (secondary N) is 1. The minimum Gasteiger partial charge on any atom is -0.478 e. The van der Waals surface area contributed by atoms with Gasteiger partial charge in [-0.15, -0.1) is 0 Å². The Bertz CT molecular complexity index is 679. The van der Waals surface area contributed by atoms with Gasteiger partial charge in [0.05, 0.1) is 10.5 Å². The zero-order valence-electron chi connectivity index (χ0n) is 9.77. The van der Waals surface area contributed by atoms with Crippen molar-refractivity contribution in [1.29, 1.82) is 0 Å². The van der Waals surface area contributed by atoms with Gasteiger partial charge >= 0.3 is 5.97 Å². The Morgan fingerprint density at radius 3 is 2.65 bits per heavy atom. The maximum Gasteiger partial charge on any atom is 0.335 e. The van der Waals surface area contributed by atoms with Crippen LogP contribution < -0.4 is 5.32 Å². The minimum atomic E-state index is -1.30. The smallest absolute Gasteiger partial charge is 0.335 e. The van der Waals surface area contributed by atoms with Gasteiger partial charge in [0.2, 0.25) is 0 Å². The Morgan fingerprint density at radius 1 is 1.35 bits per heavy atom. The lowest BCUT2D eigenvalue weighted by molar-refractivity contribution is -0.383. The predicted octanol–water partition coefficient (Wildman–Crippen LogP) is 1.53. The van der Waals surface area contributed by atoms with E-state index in [-0.39, 0.29) is 16.9 Å². The molecule has 1 aromatic heterocycles. The number of aromatic nitrogens is 1. The van der Waals surface area contributed by atoms with Crippen LogP contribution in [0.3, 0.4) is 0 Å². The molecule has 0 aliphatic heterocycles. The van der Waals surface area contributed by atoms with E-state index in [0.717, 1.165) is 18.2 Å². The summed E-state index contributed by atoms with van der Waals surface area (Å²) >= 11 is 0. The predicted molar refractivity (Wildman–Crippen MR) is 64.5 cm³/mol. The number of nitro benzene ring substituents is 1. The van der Waals surface area contributed by atoms with Crippen molar-refractivity contribution in [1.82, 2.24) is 5.16 Å². The van der Waals surface area contributed by atoms with Gasteiger partial charge in [0.15, 0.2) is 5.69 Å². The summed E-state index contributed by atoms with van der Waals surface area (Å²) in [6.07, 6.45) is 1.18. The SMILES string of the molecule is O=C(O)c1ccc(NC(=O)c2ccon2)c([N+](=O)[O-])c1. The number of nitrogens with zero attached hydrogens (tertiary/aromatic N) is 2. The maximum atomic E-state index is 11.7. The molecule has 0 aliphatic carbocycles. The van der Waals surface area contributed by atoms with Gasteiger partial charge in [-0.05, 0) is 12.1 Å². The molecule has 0 saturated heterocycles. The van der Waals surface area contributed by atoms with Crippen molar-refractivity contribution in [2.45, 2.75) is 0 Å². The van der Waals surface area contributed by atoms with Crippen molar-refractivity contribution in [2.24, 2.45) is 0 Å². The van der Waals surface area contributed by atoms with Crippen LogP contribution in [0.5, 0.6) is 0 Å². The van der Waals surface area contributed by atoms with Crippen molar-refractivity contribution >= 4 is 23.3 Å². The minimum absolute atomic E-state index is 0.0541. The molecule has 1 heterocycles. The number of hydrogen-bond acceptors (Lipinski definition) is 6. The van der Waals surface area contributed by atoms with Crippen molar-refractivity contribution in [3.8, 4) is 0 Å². The lowest BCUT2D eigenvalue weighted by Gasteiger charge is -2.04. The second kappa shape index (κ2) is 5.18. The number of hydrogen-bond donors (Lipinski definition) is 2. The van der Waals surface area contributed by atoms with Crippen LogP contribution in [-0.2, 0) is 0 Å². The molecule has 0 radical (unpaired) electrons. The molecule has 0 bridgehead atoms. The quantitative estimate of drug-likeness (QED) is 0.638. The number of carboxylic acid groups (broad SMARTS) is 1. The zero-order valence-corrected chi connectivity index (χ0v) is 9.77. The Kier molecular flexibility index (Phi) is 3.42. The van der Waals surface area contributed by atoms with E-state index in [0.29, 0.717) is 0 Å². The number of nitro groups is 1. The molecule has 20 heavy (non-hydrogen) atoms. The molecule has 0 atom stereocenters. The highest BCUT2D eigenvalue weighted by atomic mass is 16.6. The molecule has 2 rings (SSSR count). The number of rotatable bonds is 4. The fraction of sp³-hybridized carbons (Fsp3) is 0. The summed E-state index contributed by atoms with van der Waals surface area (Å²) in [5.74, 6) is -2.01. The topological polar surface area (TPSA) is 136 Å².